The average Bonchev–Trinajstić information content (AvgIpc) is 2.68. The molecule has 0 radical (unpaired) electrons. The summed E-state index contributed by atoms with van der Waals surface area (Å²) < 4.78 is 0. The molecule has 2 atom stereocenters. The van der Waals surface area contributed by atoms with E-state index in [1.54, 1.807) is 0 Å². The van der Waals surface area contributed by atoms with Crippen LogP contribution in [0.4, 0.5) is 0 Å². The minimum absolute atomic E-state index is 0.784. The van der Waals surface area contributed by atoms with Gasteiger partial charge in [0.15, 0.2) is 0 Å². The van der Waals surface area contributed by atoms with Crippen molar-refractivity contribution in [2.45, 2.75) is 38.3 Å². The van der Waals surface area contributed by atoms with Crippen molar-refractivity contribution in [1.29, 1.82) is 0 Å². The Hall–Kier alpha value is -1.12. The summed E-state index contributed by atoms with van der Waals surface area (Å²) in [5, 5.41) is 0. The molecule has 2 aliphatic heterocycles. The zero-order valence-corrected chi connectivity index (χ0v) is 12.8. The summed E-state index contributed by atoms with van der Waals surface area (Å²) >= 11 is 0. The van der Waals surface area contributed by atoms with Gasteiger partial charge in [-0.05, 0) is 38.8 Å². The standard InChI is InChI=1S/C18H26N2/c1-15(12-16-6-4-3-5-7-16)13-20-11-10-17-8-9-18(14-20)19(17)2/h3-7,12,17-18H,8-11,13-14H2,1-2H3/b15-12+. The lowest BCUT2D eigenvalue weighted by Gasteiger charge is -2.25. The fourth-order valence-electron chi connectivity index (χ4n) is 3.75. The first-order valence-corrected chi connectivity index (χ1v) is 7.89. The predicted molar refractivity (Wildman–Crippen MR) is 85.7 cm³/mol. The minimum atomic E-state index is 0.784. The van der Waals surface area contributed by atoms with Gasteiger partial charge in [-0.25, -0.2) is 0 Å². The maximum absolute atomic E-state index is 2.65. The SMILES string of the molecule is C/C(=C\c1ccccc1)CN1CCC2CCC(C1)N2C. The summed E-state index contributed by atoms with van der Waals surface area (Å²) in [5.74, 6) is 0. The summed E-state index contributed by atoms with van der Waals surface area (Å²) in [6, 6.07) is 12.3. The van der Waals surface area contributed by atoms with Crippen molar-refractivity contribution >= 4 is 6.08 Å². The summed E-state index contributed by atoms with van der Waals surface area (Å²) in [6.45, 7) is 5.88. The zero-order valence-electron chi connectivity index (χ0n) is 12.8. The molecule has 108 valence electrons. The van der Waals surface area contributed by atoms with E-state index < -0.39 is 0 Å². The van der Waals surface area contributed by atoms with Crippen LogP contribution < -0.4 is 0 Å². The van der Waals surface area contributed by atoms with Gasteiger partial charge in [0.2, 0.25) is 0 Å². The second-order valence-corrected chi connectivity index (χ2v) is 6.48. The molecule has 2 fully saturated rings. The summed E-state index contributed by atoms with van der Waals surface area (Å²) in [5.41, 5.74) is 2.79. The third kappa shape index (κ3) is 3.13. The van der Waals surface area contributed by atoms with Gasteiger partial charge >= 0.3 is 0 Å². The minimum Gasteiger partial charge on any atom is -0.299 e. The van der Waals surface area contributed by atoms with Crippen molar-refractivity contribution in [1.82, 2.24) is 9.80 Å². The van der Waals surface area contributed by atoms with Gasteiger partial charge in [0.1, 0.15) is 0 Å². The number of rotatable bonds is 3. The molecule has 2 saturated heterocycles. The molecule has 3 rings (SSSR count). The van der Waals surface area contributed by atoms with Gasteiger partial charge < -0.3 is 0 Å². The second kappa shape index (κ2) is 6.11. The molecule has 20 heavy (non-hydrogen) atoms. The highest BCUT2D eigenvalue weighted by Gasteiger charge is 2.34. The highest BCUT2D eigenvalue weighted by atomic mass is 15.3. The van der Waals surface area contributed by atoms with Crippen LogP contribution in [0.25, 0.3) is 6.08 Å². The first kappa shape index (κ1) is 13.8. The lowest BCUT2D eigenvalue weighted by atomic mass is 10.1. The largest absolute Gasteiger partial charge is 0.299 e. The van der Waals surface area contributed by atoms with E-state index in [4.69, 9.17) is 0 Å². The number of benzene rings is 1. The number of likely N-dealkylation sites (N-methyl/N-ethyl adjacent to an activating group) is 1. The average molecular weight is 270 g/mol. The molecular weight excluding hydrogens is 244 g/mol. The summed E-state index contributed by atoms with van der Waals surface area (Å²) in [4.78, 5) is 5.27. The van der Waals surface area contributed by atoms with Gasteiger partial charge in [0.25, 0.3) is 0 Å². The van der Waals surface area contributed by atoms with Crippen LogP contribution in [-0.4, -0.2) is 48.6 Å². The molecule has 0 spiro atoms. The van der Waals surface area contributed by atoms with Crippen LogP contribution in [0.15, 0.2) is 35.9 Å². The van der Waals surface area contributed by atoms with Crippen molar-refractivity contribution < 1.29 is 0 Å². The predicted octanol–water partition coefficient (Wildman–Crippen LogP) is 3.26. The topological polar surface area (TPSA) is 6.48 Å². The quantitative estimate of drug-likeness (QED) is 0.832. The van der Waals surface area contributed by atoms with Crippen molar-refractivity contribution in [3.8, 4) is 0 Å². The lowest BCUT2D eigenvalue weighted by molar-refractivity contribution is 0.227. The van der Waals surface area contributed by atoms with Crippen molar-refractivity contribution in [2.24, 2.45) is 0 Å². The first-order valence-electron chi connectivity index (χ1n) is 7.89. The molecule has 2 nitrogen and oxygen atoms in total. The molecule has 0 aliphatic carbocycles. The molecular formula is C18H26N2. The van der Waals surface area contributed by atoms with E-state index >= 15 is 0 Å². The summed E-state index contributed by atoms with van der Waals surface area (Å²) in [6.07, 6.45) is 6.46. The lowest BCUT2D eigenvalue weighted by Crippen LogP contribution is -2.37. The van der Waals surface area contributed by atoms with E-state index in [9.17, 15) is 0 Å². The Morgan fingerprint density at radius 3 is 2.70 bits per heavy atom. The van der Waals surface area contributed by atoms with Gasteiger partial charge in [-0.2, -0.15) is 0 Å². The van der Waals surface area contributed by atoms with E-state index in [-0.39, 0.29) is 0 Å². The smallest absolute Gasteiger partial charge is 0.0223 e. The van der Waals surface area contributed by atoms with Crippen LogP contribution in [0.1, 0.15) is 31.7 Å². The van der Waals surface area contributed by atoms with Crippen molar-refractivity contribution in [3.05, 3.63) is 41.5 Å². The Labute approximate surface area is 123 Å². The van der Waals surface area contributed by atoms with Crippen molar-refractivity contribution in [3.63, 3.8) is 0 Å². The molecule has 2 heteroatoms. The second-order valence-electron chi connectivity index (χ2n) is 6.48. The van der Waals surface area contributed by atoms with Crippen LogP contribution in [0.2, 0.25) is 0 Å². The van der Waals surface area contributed by atoms with Gasteiger partial charge in [-0.3, -0.25) is 9.80 Å². The number of fused-ring (bicyclic) bond motifs is 2. The fourth-order valence-corrected chi connectivity index (χ4v) is 3.75. The molecule has 2 bridgehead atoms. The fraction of sp³-hybridized carbons (Fsp3) is 0.556. The number of nitrogens with zero attached hydrogens (tertiary/aromatic N) is 2. The molecule has 2 heterocycles. The van der Waals surface area contributed by atoms with Crippen LogP contribution in [0.5, 0.6) is 0 Å². The van der Waals surface area contributed by atoms with E-state index in [1.165, 1.54) is 43.5 Å². The van der Waals surface area contributed by atoms with E-state index in [1.807, 2.05) is 0 Å². The maximum Gasteiger partial charge on any atom is 0.0223 e. The van der Waals surface area contributed by atoms with Crippen LogP contribution in [-0.2, 0) is 0 Å². The molecule has 0 amide bonds. The highest BCUT2D eigenvalue weighted by molar-refractivity contribution is 5.52. The molecule has 2 unspecified atom stereocenters. The Balaban J connectivity index is 1.62. The highest BCUT2D eigenvalue weighted by Crippen LogP contribution is 2.28. The third-order valence-corrected chi connectivity index (χ3v) is 4.92. The van der Waals surface area contributed by atoms with Gasteiger partial charge in [-0.1, -0.05) is 42.0 Å². The van der Waals surface area contributed by atoms with E-state index in [0.717, 1.165) is 18.6 Å². The first-order chi connectivity index (χ1) is 9.72. The number of hydrogen-bond donors (Lipinski definition) is 0. The maximum atomic E-state index is 2.65. The van der Waals surface area contributed by atoms with Gasteiger partial charge in [0, 0.05) is 31.7 Å². The number of likely N-dealkylation sites (tertiary alicyclic amines) is 1. The van der Waals surface area contributed by atoms with Gasteiger partial charge in [-0.15, -0.1) is 0 Å². The van der Waals surface area contributed by atoms with Crippen LogP contribution >= 0.6 is 0 Å². The Kier molecular flexibility index (Phi) is 4.23. The molecule has 2 aliphatic rings. The normalized spacial score (nSPS) is 28.6. The zero-order chi connectivity index (χ0) is 13.9. The molecule has 0 aromatic heterocycles. The Morgan fingerprint density at radius 2 is 1.90 bits per heavy atom. The van der Waals surface area contributed by atoms with Gasteiger partial charge in [0.05, 0.1) is 0 Å². The summed E-state index contributed by atoms with van der Waals surface area (Å²) in [7, 11) is 2.32. The van der Waals surface area contributed by atoms with Crippen LogP contribution in [0.3, 0.4) is 0 Å². The van der Waals surface area contributed by atoms with Crippen molar-refractivity contribution in [2.75, 3.05) is 26.7 Å². The number of hydrogen-bond acceptors (Lipinski definition) is 2. The third-order valence-electron chi connectivity index (χ3n) is 4.92. The van der Waals surface area contributed by atoms with E-state index in [2.05, 4.69) is 60.2 Å². The molecule has 1 aromatic carbocycles. The Morgan fingerprint density at radius 1 is 1.15 bits per heavy atom. The van der Waals surface area contributed by atoms with E-state index in [0.29, 0.717) is 0 Å². The molecule has 0 N–H and O–H groups in total. The molecule has 0 saturated carbocycles. The Bertz CT molecular complexity index is 466. The monoisotopic (exact) mass is 270 g/mol. The van der Waals surface area contributed by atoms with Crippen LogP contribution in [0, 0.1) is 0 Å². The molecule has 1 aromatic rings.